The quantitative estimate of drug-likeness (QED) is 0.555. The second kappa shape index (κ2) is 10.4. The number of anilines is 1. The minimum absolute atomic E-state index is 0.0219. The maximum Gasteiger partial charge on any atom is 0.319 e. The number of methoxy groups -OCH3 is 2. The van der Waals surface area contributed by atoms with Crippen molar-refractivity contribution in [3.05, 3.63) is 53.6 Å². The minimum Gasteiger partial charge on any atom is -0.493 e. The Hall–Kier alpha value is -2.87. The highest BCUT2D eigenvalue weighted by molar-refractivity contribution is 5.89. The Morgan fingerprint density at radius 2 is 1.86 bits per heavy atom. The van der Waals surface area contributed by atoms with Gasteiger partial charge in [0.2, 0.25) is 0 Å². The van der Waals surface area contributed by atoms with Crippen molar-refractivity contribution in [2.45, 2.75) is 57.0 Å². The summed E-state index contributed by atoms with van der Waals surface area (Å²) >= 11 is 0. The Kier molecular flexibility index (Phi) is 7.50. The molecule has 2 aromatic rings. The molecular weight excluding hydrogens is 452 g/mol. The lowest BCUT2D eigenvalue weighted by Gasteiger charge is -2.46. The molecule has 1 heterocycles. The first-order valence-corrected chi connectivity index (χ1v) is 12.2. The molecule has 0 unspecified atom stereocenters. The lowest BCUT2D eigenvalue weighted by molar-refractivity contribution is 0.126. The van der Waals surface area contributed by atoms with Crippen molar-refractivity contribution in [3.8, 4) is 11.5 Å². The van der Waals surface area contributed by atoms with Gasteiger partial charge in [-0.3, -0.25) is 4.90 Å². The summed E-state index contributed by atoms with van der Waals surface area (Å²) in [6.07, 6.45) is 3.61. The zero-order chi connectivity index (χ0) is 25.2. The van der Waals surface area contributed by atoms with E-state index in [1.54, 1.807) is 14.2 Å². The zero-order valence-corrected chi connectivity index (χ0v) is 20.9. The summed E-state index contributed by atoms with van der Waals surface area (Å²) in [7, 11) is 3.30. The molecule has 2 N–H and O–H groups in total. The van der Waals surface area contributed by atoms with Crippen LogP contribution in [0.4, 0.5) is 19.3 Å². The second-order valence-electron chi connectivity index (χ2n) is 10.1. The number of carbonyl (C=O) groups is 1. The van der Waals surface area contributed by atoms with Crippen molar-refractivity contribution in [1.82, 2.24) is 10.2 Å². The molecule has 3 atom stereocenters. The van der Waals surface area contributed by atoms with E-state index < -0.39 is 17.7 Å². The number of fused-ring (bicyclic) bond motifs is 1. The minimum atomic E-state index is -0.990. The van der Waals surface area contributed by atoms with Crippen LogP contribution in [0.1, 0.15) is 45.1 Å². The van der Waals surface area contributed by atoms with Gasteiger partial charge in [-0.1, -0.05) is 19.9 Å². The van der Waals surface area contributed by atoms with Gasteiger partial charge in [-0.05, 0) is 68.0 Å². The summed E-state index contributed by atoms with van der Waals surface area (Å²) in [5, 5.41) is 5.69. The van der Waals surface area contributed by atoms with Crippen LogP contribution < -0.4 is 20.1 Å². The Morgan fingerprint density at radius 3 is 2.54 bits per heavy atom. The van der Waals surface area contributed by atoms with E-state index in [9.17, 15) is 13.6 Å². The van der Waals surface area contributed by atoms with Crippen LogP contribution in [0.5, 0.6) is 11.5 Å². The molecule has 1 saturated heterocycles. The predicted octanol–water partition coefficient (Wildman–Crippen LogP) is 5.32. The van der Waals surface area contributed by atoms with E-state index in [2.05, 4.69) is 41.5 Å². The van der Waals surface area contributed by atoms with E-state index in [4.69, 9.17) is 9.47 Å². The maximum absolute atomic E-state index is 13.5. The third-order valence-corrected chi connectivity index (χ3v) is 7.44. The average molecular weight is 488 g/mol. The second-order valence-corrected chi connectivity index (χ2v) is 10.1. The van der Waals surface area contributed by atoms with Crippen LogP contribution in [-0.4, -0.2) is 50.3 Å². The van der Waals surface area contributed by atoms with Gasteiger partial charge in [0.1, 0.15) is 0 Å². The number of urea groups is 1. The first-order valence-electron chi connectivity index (χ1n) is 12.2. The molecule has 2 amide bonds. The van der Waals surface area contributed by atoms with Gasteiger partial charge in [0.05, 0.1) is 14.2 Å². The molecule has 0 bridgehead atoms. The van der Waals surface area contributed by atoms with Crippen molar-refractivity contribution < 1.29 is 23.0 Å². The van der Waals surface area contributed by atoms with Gasteiger partial charge in [-0.2, -0.15) is 0 Å². The van der Waals surface area contributed by atoms with Gasteiger partial charge in [0.25, 0.3) is 0 Å². The largest absolute Gasteiger partial charge is 0.493 e. The summed E-state index contributed by atoms with van der Waals surface area (Å²) < 4.78 is 37.8. The molecule has 190 valence electrons. The number of ether oxygens (including phenoxy) is 2. The van der Waals surface area contributed by atoms with E-state index in [1.807, 2.05) is 6.07 Å². The van der Waals surface area contributed by atoms with Gasteiger partial charge in [-0.25, -0.2) is 13.6 Å². The lowest BCUT2D eigenvalue weighted by atomic mass is 9.65. The summed E-state index contributed by atoms with van der Waals surface area (Å²) in [6.45, 7) is 6.45. The molecular formula is C27H35F2N3O3. The van der Waals surface area contributed by atoms with E-state index in [1.165, 1.54) is 11.6 Å². The van der Waals surface area contributed by atoms with Crippen molar-refractivity contribution in [2.75, 3.05) is 32.6 Å². The van der Waals surface area contributed by atoms with Crippen LogP contribution in [0, 0.1) is 17.6 Å². The predicted molar refractivity (Wildman–Crippen MR) is 132 cm³/mol. The number of benzene rings is 2. The first kappa shape index (κ1) is 25.2. The molecule has 6 nitrogen and oxygen atoms in total. The molecule has 0 aromatic heterocycles. The lowest BCUT2D eigenvalue weighted by Crippen LogP contribution is -2.53. The topological polar surface area (TPSA) is 62.8 Å². The highest BCUT2D eigenvalue weighted by Gasteiger charge is 2.51. The monoisotopic (exact) mass is 487 g/mol. The number of hydrogen-bond acceptors (Lipinski definition) is 4. The number of nitrogens with one attached hydrogen (secondary N) is 2. The fourth-order valence-electron chi connectivity index (χ4n) is 5.87. The molecule has 4 rings (SSSR count). The Labute approximate surface area is 206 Å². The number of nitrogens with zero attached hydrogens (tertiary/aromatic N) is 1. The highest BCUT2D eigenvalue weighted by Crippen LogP contribution is 2.50. The molecule has 0 radical (unpaired) electrons. The Balaban J connectivity index is 1.53. The summed E-state index contributed by atoms with van der Waals surface area (Å²) in [5.74, 6) is 0.0370. The van der Waals surface area contributed by atoms with Crippen molar-refractivity contribution in [3.63, 3.8) is 0 Å². The fraction of sp³-hybridized carbons (Fsp3) is 0.519. The van der Waals surface area contributed by atoms with E-state index >= 15 is 0 Å². The number of carbonyl (C=O) groups excluding carboxylic acids is 1. The van der Waals surface area contributed by atoms with Crippen LogP contribution in [0.15, 0.2) is 36.4 Å². The van der Waals surface area contributed by atoms with Crippen molar-refractivity contribution in [2.24, 2.45) is 5.92 Å². The van der Waals surface area contributed by atoms with Gasteiger partial charge >= 0.3 is 6.03 Å². The van der Waals surface area contributed by atoms with Crippen molar-refractivity contribution in [1.29, 1.82) is 0 Å². The van der Waals surface area contributed by atoms with Crippen LogP contribution in [0.25, 0.3) is 0 Å². The van der Waals surface area contributed by atoms with Gasteiger partial charge in [0, 0.05) is 35.8 Å². The Bertz CT molecular complexity index is 1060. The maximum atomic E-state index is 13.5. The van der Waals surface area contributed by atoms with E-state index in [0.717, 1.165) is 56.7 Å². The standard InChI is InChI=1S/C27H35F2N3O3/c1-17(2)16-32-12-11-27(18-5-8-23(34-3)24(13-18)35-4)10-9-20(15-25(27)32)31-26(33)30-19-6-7-21(28)22(29)14-19/h5-8,13-14,17,20,25H,9-12,15-16H2,1-4H3,(H2,30,31,33)/t20-,25+,27+/m1/s1. The molecule has 2 aliphatic rings. The summed E-state index contributed by atoms with van der Waals surface area (Å²) in [6, 6.07) is 9.41. The van der Waals surface area contributed by atoms with E-state index in [-0.39, 0.29) is 23.2 Å². The number of halogens is 2. The molecule has 8 heteroatoms. The molecule has 35 heavy (non-hydrogen) atoms. The zero-order valence-electron chi connectivity index (χ0n) is 20.9. The van der Waals surface area contributed by atoms with Crippen LogP contribution in [0.3, 0.4) is 0 Å². The number of amides is 2. The van der Waals surface area contributed by atoms with Gasteiger partial charge in [-0.15, -0.1) is 0 Å². The number of hydrogen-bond donors (Lipinski definition) is 2. The molecule has 1 saturated carbocycles. The van der Waals surface area contributed by atoms with Crippen LogP contribution in [-0.2, 0) is 5.41 Å². The summed E-state index contributed by atoms with van der Waals surface area (Å²) in [4.78, 5) is 15.2. The molecule has 1 aliphatic heterocycles. The molecule has 0 spiro atoms. The highest BCUT2D eigenvalue weighted by atomic mass is 19.2. The number of rotatable bonds is 7. The van der Waals surface area contributed by atoms with Crippen LogP contribution >= 0.6 is 0 Å². The molecule has 2 aromatic carbocycles. The number of likely N-dealkylation sites (tertiary alicyclic amines) is 1. The first-order chi connectivity index (χ1) is 16.8. The average Bonchev–Trinajstić information content (AvgIpc) is 3.19. The Morgan fingerprint density at radius 1 is 1.09 bits per heavy atom. The summed E-state index contributed by atoms with van der Waals surface area (Å²) in [5.41, 5.74) is 1.44. The third-order valence-electron chi connectivity index (χ3n) is 7.44. The van der Waals surface area contributed by atoms with Crippen molar-refractivity contribution >= 4 is 11.7 Å². The van der Waals surface area contributed by atoms with Crippen LogP contribution in [0.2, 0.25) is 0 Å². The molecule has 1 aliphatic carbocycles. The smallest absolute Gasteiger partial charge is 0.319 e. The SMILES string of the molecule is COc1ccc([C@@]23CC[C@@H](NC(=O)Nc4ccc(F)c(F)c4)C[C@@H]2N(CC(C)C)CC3)cc1OC. The fourth-order valence-corrected chi connectivity index (χ4v) is 5.87. The van der Waals surface area contributed by atoms with E-state index in [0.29, 0.717) is 11.7 Å². The molecule has 2 fully saturated rings. The normalized spacial score (nSPS) is 24.2. The van der Waals surface area contributed by atoms with Gasteiger partial charge in [0.15, 0.2) is 23.1 Å². The van der Waals surface area contributed by atoms with Gasteiger partial charge < -0.3 is 20.1 Å². The third kappa shape index (κ3) is 5.22.